The van der Waals surface area contributed by atoms with Crippen LogP contribution in [0.1, 0.15) is 51.5 Å². The Labute approximate surface area is 258 Å². The number of hydrogen-bond acceptors (Lipinski definition) is 6. The van der Waals surface area contributed by atoms with E-state index >= 15 is 0 Å². The maximum atomic E-state index is 14.1. The number of aromatic nitrogens is 3. The van der Waals surface area contributed by atoms with Crippen molar-refractivity contribution in [1.29, 1.82) is 0 Å². The maximum Gasteiger partial charge on any atom is 0.434 e. The molecule has 0 saturated carbocycles. The molecule has 5 rings (SSSR count). The minimum absolute atomic E-state index is 0.148. The number of carboxylic acids is 1. The first-order chi connectivity index (χ1) is 21.8. The number of carboxylic acid groups (broad SMARTS) is 1. The van der Waals surface area contributed by atoms with Gasteiger partial charge in [-0.15, -0.1) is 0 Å². The first-order valence-electron chi connectivity index (χ1n) is 13.9. The number of piperidine rings is 1. The number of pyridine rings is 1. The quantitative estimate of drug-likeness (QED) is 0.211. The van der Waals surface area contributed by atoms with Crippen LogP contribution >= 0.6 is 0 Å². The van der Waals surface area contributed by atoms with Crippen molar-refractivity contribution in [2.75, 3.05) is 20.2 Å². The Morgan fingerprint density at radius 3 is 2.22 bits per heavy atom. The molecule has 0 bridgehead atoms. The molecule has 2 aromatic carbocycles. The lowest BCUT2D eigenvalue weighted by molar-refractivity contribution is -0.143. The number of alkyl halides is 6. The lowest BCUT2D eigenvalue weighted by Gasteiger charge is -2.31. The van der Waals surface area contributed by atoms with E-state index < -0.39 is 46.7 Å². The number of ether oxygens (including phenoxy) is 2. The number of nitrogens with zero attached hydrogens (tertiary/aromatic N) is 4. The van der Waals surface area contributed by atoms with Gasteiger partial charge in [0, 0.05) is 18.7 Å². The zero-order valence-electron chi connectivity index (χ0n) is 24.1. The van der Waals surface area contributed by atoms with Crippen molar-refractivity contribution >= 4 is 12.1 Å². The van der Waals surface area contributed by atoms with Crippen LogP contribution in [0, 0.1) is 0 Å². The van der Waals surface area contributed by atoms with Crippen molar-refractivity contribution in [2.45, 2.75) is 37.7 Å². The van der Waals surface area contributed by atoms with E-state index in [0.29, 0.717) is 24.8 Å². The summed E-state index contributed by atoms with van der Waals surface area (Å²) < 4.78 is 94.5. The number of para-hydroxylation sites is 1. The highest BCUT2D eigenvalue weighted by atomic mass is 19.4. The van der Waals surface area contributed by atoms with Crippen molar-refractivity contribution < 1.29 is 50.5 Å². The average Bonchev–Trinajstić information content (AvgIpc) is 3.50. The van der Waals surface area contributed by atoms with Gasteiger partial charge < -0.3 is 19.5 Å². The number of halogens is 6. The molecule has 1 aliphatic heterocycles. The van der Waals surface area contributed by atoms with Crippen molar-refractivity contribution in [3.63, 3.8) is 0 Å². The van der Waals surface area contributed by atoms with Gasteiger partial charge in [0.1, 0.15) is 17.9 Å². The van der Waals surface area contributed by atoms with Crippen molar-refractivity contribution in [1.82, 2.24) is 19.7 Å². The second-order valence-electron chi connectivity index (χ2n) is 10.4. The Kier molecular flexibility index (Phi) is 8.94. The SMILES string of the molecule is COC(=O)N1CCC(c2ccc(COc3c(-c4cccc(-n5ncc(C(=O)O)c5C(F)(F)F)n4)cccc3C(F)(F)F)cc2)CC1. The van der Waals surface area contributed by atoms with Crippen LogP contribution in [0.4, 0.5) is 31.1 Å². The van der Waals surface area contributed by atoms with Crippen LogP contribution in [0.15, 0.2) is 66.9 Å². The molecule has 46 heavy (non-hydrogen) atoms. The molecule has 9 nitrogen and oxygen atoms in total. The number of hydrogen-bond donors (Lipinski definition) is 1. The molecule has 242 valence electrons. The van der Waals surface area contributed by atoms with Gasteiger partial charge in [0.25, 0.3) is 0 Å². The number of methoxy groups -OCH3 is 1. The third-order valence-corrected chi connectivity index (χ3v) is 7.58. The zero-order valence-corrected chi connectivity index (χ0v) is 24.1. The van der Waals surface area contributed by atoms with E-state index in [1.807, 2.05) is 12.1 Å². The minimum Gasteiger partial charge on any atom is -0.488 e. The summed E-state index contributed by atoms with van der Waals surface area (Å²) in [5.74, 6) is -2.72. The number of benzene rings is 2. The van der Waals surface area contributed by atoms with Gasteiger partial charge in [0.2, 0.25) is 0 Å². The van der Waals surface area contributed by atoms with Gasteiger partial charge in [0.05, 0.1) is 24.6 Å². The highest BCUT2D eigenvalue weighted by Crippen LogP contribution is 2.42. The van der Waals surface area contributed by atoms with E-state index in [0.717, 1.165) is 36.6 Å². The minimum atomic E-state index is -5.12. The zero-order chi connectivity index (χ0) is 33.2. The Bertz CT molecular complexity index is 1730. The standard InChI is InChI=1S/C31H26F6N4O5/c1-45-29(44)40-14-12-20(13-15-40)19-10-8-18(9-11-19)17-46-26-21(4-2-5-23(26)30(32,33)34)24-6-3-7-25(39-24)41-27(31(35,36)37)22(16-38-41)28(42)43/h2-11,16,20H,12-15,17H2,1H3,(H,42,43). The summed E-state index contributed by atoms with van der Waals surface area (Å²) in [7, 11) is 1.32. The van der Waals surface area contributed by atoms with Gasteiger partial charge in [0.15, 0.2) is 11.5 Å². The second-order valence-corrected chi connectivity index (χ2v) is 10.4. The van der Waals surface area contributed by atoms with Crippen molar-refractivity contribution in [2.24, 2.45) is 0 Å². The highest BCUT2D eigenvalue weighted by molar-refractivity contribution is 5.89. The van der Waals surface area contributed by atoms with Gasteiger partial charge in [-0.25, -0.2) is 19.3 Å². The summed E-state index contributed by atoms with van der Waals surface area (Å²) in [6, 6.07) is 14.1. The third kappa shape index (κ3) is 6.77. The van der Waals surface area contributed by atoms with Gasteiger partial charge in [-0.2, -0.15) is 31.4 Å². The molecule has 1 amide bonds. The molecule has 15 heteroatoms. The predicted octanol–water partition coefficient (Wildman–Crippen LogP) is 7.19. The Morgan fingerprint density at radius 1 is 0.935 bits per heavy atom. The topological polar surface area (TPSA) is 107 Å². The lowest BCUT2D eigenvalue weighted by atomic mass is 9.89. The second kappa shape index (κ2) is 12.7. The molecule has 2 aromatic heterocycles. The Hall–Kier alpha value is -5.08. The average molecular weight is 649 g/mol. The van der Waals surface area contributed by atoms with E-state index in [2.05, 4.69) is 10.1 Å². The molecule has 0 unspecified atom stereocenters. The van der Waals surface area contributed by atoms with E-state index in [-0.39, 0.29) is 34.6 Å². The molecule has 1 aliphatic rings. The predicted molar refractivity (Wildman–Crippen MR) is 150 cm³/mol. The van der Waals surface area contributed by atoms with E-state index in [1.54, 1.807) is 17.0 Å². The van der Waals surface area contributed by atoms with E-state index in [4.69, 9.17) is 9.47 Å². The van der Waals surface area contributed by atoms with Crippen LogP contribution in [0.3, 0.4) is 0 Å². The molecule has 3 heterocycles. The maximum absolute atomic E-state index is 14.1. The van der Waals surface area contributed by atoms with Crippen LogP contribution in [-0.2, 0) is 23.7 Å². The molecule has 0 atom stereocenters. The Morgan fingerprint density at radius 2 is 1.61 bits per heavy atom. The summed E-state index contributed by atoms with van der Waals surface area (Å²) in [6.07, 6.45) is -8.38. The first-order valence-corrected chi connectivity index (χ1v) is 13.9. The summed E-state index contributed by atoms with van der Waals surface area (Å²) >= 11 is 0. The monoisotopic (exact) mass is 648 g/mol. The number of rotatable bonds is 7. The highest BCUT2D eigenvalue weighted by Gasteiger charge is 2.41. The summed E-state index contributed by atoms with van der Waals surface area (Å²) in [4.78, 5) is 28.9. The number of amides is 1. The van der Waals surface area contributed by atoms with E-state index in [9.17, 15) is 41.0 Å². The largest absolute Gasteiger partial charge is 0.488 e. The molecule has 0 radical (unpaired) electrons. The molecule has 0 aliphatic carbocycles. The summed E-state index contributed by atoms with van der Waals surface area (Å²) in [5.41, 5.74) is -2.56. The number of carbonyl (C=O) groups is 2. The van der Waals surface area contributed by atoms with Crippen LogP contribution in [0.25, 0.3) is 17.1 Å². The Balaban J connectivity index is 1.42. The third-order valence-electron chi connectivity index (χ3n) is 7.58. The van der Waals surface area contributed by atoms with Crippen molar-refractivity contribution in [3.05, 3.63) is 94.8 Å². The van der Waals surface area contributed by atoms with Gasteiger partial charge in [-0.1, -0.05) is 36.4 Å². The number of likely N-dealkylation sites (tertiary alicyclic amines) is 1. The summed E-state index contributed by atoms with van der Waals surface area (Å²) in [5, 5.41) is 12.8. The van der Waals surface area contributed by atoms with Crippen LogP contribution in [0.5, 0.6) is 5.75 Å². The molecule has 1 saturated heterocycles. The fraction of sp³-hybridized carbons (Fsp3) is 0.290. The fourth-order valence-electron chi connectivity index (χ4n) is 5.33. The van der Waals surface area contributed by atoms with Crippen LogP contribution < -0.4 is 4.74 Å². The molecule has 1 fully saturated rings. The van der Waals surface area contributed by atoms with Gasteiger partial charge >= 0.3 is 24.4 Å². The molecule has 0 spiro atoms. The van der Waals surface area contributed by atoms with Gasteiger partial charge in [-0.05, 0) is 54.2 Å². The first kappa shape index (κ1) is 32.3. The van der Waals surface area contributed by atoms with Crippen LogP contribution in [-0.4, -0.2) is 57.0 Å². The smallest absolute Gasteiger partial charge is 0.434 e. The molecule has 1 N–H and O–H groups in total. The molecular formula is C31H26F6N4O5. The fourth-order valence-corrected chi connectivity index (χ4v) is 5.33. The van der Waals surface area contributed by atoms with E-state index in [1.165, 1.54) is 25.3 Å². The molecular weight excluding hydrogens is 622 g/mol. The number of carbonyl (C=O) groups excluding carboxylic acids is 1. The summed E-state index contributed by atoms with van der Waals surface area (Å²) in [6.45, 7) is 0.806. The molecule has 4 aromatic rings. The lowest BCUT2D eigenvalue weighted by Crippen LogP contribution is -2.37. The van der Waals surface area contributed by atoms with Gasteiger partial charge in [-0.3, -0.25) is 0 Å². The number of aromatic carboxylic acids is 1. The van der Waals surface area contributed by atoms with Crippen molar-refractivity contribution in [3.8, 4) is 22.8 Å². The van der Waals surface area contributed by atoms with Crippen LogP contribution in [0.2, 0.25) is 0 Å². The normalized spacial score (nSPS) is 14.3.